The van der Waals surface area contributed by atoms with E-state index in [2.05, 4.69) is 14.8 Å². The van der Waals surface area contributed by atoms with Crippen molar-refractivity contribution in [1.29, 1.82) is 0 Å². The lowest BCUT2D eigenvalue weighted by Crippen LogP contribution is -2.26. The Balaban J connectivity index is 1.46. The summed E-state index contributed by atoms with van der Waals surface area (Å²) in [5, 5.41) is 6.95. The van der Waals surface area contributed by atoms with E-state index in [4.69, 9.17) is 0 Å². The molecule has 0 bridgehead atoms. The van der Waals surface area contributed by atoms with Crippen LogP contribution in [0.5, 0.6) is 0 Å². The van der Waals surface area contributed by atoms with Gasteiger partial charge in [-0.1, -0.05) is 24.6 Å². The number of carbonyl (C=O) groups excluding carboxylic acids is 1. The Bertz CT molecular complexity index is 1240. The van der Waals surface area contributed by atoms with Crippen LogP contribution in [0.1, 0.15) is 41.6 Å². The average molecular weight is 466 g/mol. The summed E-state index contributed by atoms with van der Waals surface area (Å²) in [6.07, 6.45) is 7.26. The minimum atomic E-state index is -3.88. The van der Waals surface area contributed by atoms with Gasteiger partial charge >= 0.3 is 0 Å². The standard InChI is InChI=1S/C24H27N5O3S/c1-28-15-4-2-3-9-23(28)27-33(31,32)22-8-5-7-21(17-22)26-24(30)20-12-10-19(11-13-20)18-29-16-6-14-25-29/h5-8,10-14,16-17H,2-4,9,15,18H2,1H3,(H,26,30). The van der Waals surface area contributed by atoms with Crippen molar-refractivity contribution in [3.05, 3.63) is 78.1 Å². The van der Waals surface area contributed by atoms with Crippen molar-refractivity contribution in [1.82, 2.24) is 14.7 Å². The predicted molar refractivity (Wildman–Crippen MR) is 128 cm³/mol. The molecule has 0 atom stereocenters. The SMILES string of the molecule is CN1CCCCCC1=NS(=O)(=O)c1cccc(NC(=O)c2ccc(Cn3cccn3)cc2)c1. The van der Waals surface area contributed by atoms with Gasteiger partial charge in [0.05, 0.1) is 11.4 Å². The molecule has 1 amide bonds. The number of hydrogen-bond donors (Lipinski definition) is 1. The largest absolute Gasteiger partial charge is 0.362 e. The number of hydrogen-bond acceptors (Lipinski definition) is 4. The molecular weight excluding hydrogens is 438 g/mol. The molecule has 1 aliphatic heterocycles. The monoisotopic (exact) mass is 465 g/mol. The molecule has 172 valence electrons. The van der Waals surface area contributed by atoms with Crippen molar-refractivity contribution >= 4 is 27.5 Å². The van der Waals surface area contributed by atoms with Gasteiger partial charge in [0.2, 0.25) is 0 Å². The first-order valence-electron chi connectivity index (χ1n) is 10.9. The maximum absolute atomic E-state index is 12.9. The summed E-state index contributed by atoms with van der Waals surface area (Å²) in [4.78, 5) is 14.7. The van der Waals surface area contributed by atoms with Crippen molar-refractivity contribution in [2.75, 3.05) is 18.9 Å². The van der Waals surface area contributed by atoms with Crippen LogP contribution in [-0.4, -0.2) is 48.4 Å². The summed E-state index contributed by atoms with van der Waals surface area (Å²) >= 11 is 0. The lowest BCUT2D eigenvalue weighted by atomic mass is 10.1. The van der Waals surface area contributed by atoms with Crippen LogP contribution in [0.2, 0.25) is 0 Å². The van der Waals surface area contributed by atoms with Crippen LogP contribution in [0, 0.1) is 0 Å². The predicted octanol–water partition coefficient (Wildman–Crippen LogP) is 3.78. The molecule has 2 heterocycles. The van der Waals surface area contributed by atoms with Gasteiger partial charge in [0.25, 0.3) is 15.9 Å². The summed E-state index contributed by atoms with van der Waals surface area (Å²) in [5.41, 5.74) is 1.90. The van der Waals surface area contributed by atoms with Crippen molar-refractivity contribution < 1.29 is 13.2 Å². The number of nitrogens with one attached hydrogen (secondary N) is 1. The van der Waals surface area contributed by atoms with Gasteiger partial charge in [0.1, 0.15) is 5.84 Å². The van der Waals surface area contributed by atoms with Crippen molar-refractivity contribution in [3.63, 3.8) is 0 Å². The number of amides is 1. The molecule has 8 nitrogen and oxygen atoms in total. The highest BCUT2D eigenvalue weighted by Gasteiger charge is 2.19. The maximum atomic E-state index is 12.9. The lowest BCUT2D eigenvalue weighted by molar-refractivity contribution is 0.102. The first-order valence-corrected chi connectivity index (χ1v) is 12.4. The highest BCUT2D eigenvalue weighted by molar-refractivity contribution is 7.90. The summed E-state index contributed by atoms with van der Waals surface area (Å²) < 4.78 is 31.7. The number of amidine groups is 1. The van der Waals surface area contributed by atoms with E-state index in [0.717, 1.165) is 31.4 Å². The first kappa shape index (κ1) is 22.7. The molecule has 0 saturated carbocycles. The molecule has 0 radical (unpaired) electrons. The fourth-order valence-corrected chi connectivity index (χ4v) is 4.86. The van der Waals surface area contributed by atoms with E-state index in [1.807, 2.05) is 36.3 Å². The molecule has 4 rings (SSSR count). The van der Waals surface area contributed by atoms with Crippen molar-refractivity contribution in [3.8, 4) is 0 Å². The molecule has 1 aromatic heterocycles. The topological polar surface area (TPSA) is 96.7 Å². The van der Waals surface area contributed by atoms with Gasteiger partial charge in [-0.25, -0.2) is 0 Å². The van der Waals surface area contributed by atoms with E-state index in [9.17, 15) is 13.2 Å². The van der Waals surface area contributed by atoms with Gasteiger partial charge in [0, 0.05) is 43.7 Å². The summed E-state index contributed by atoms with van der Waals surface area (Å²) in [5.74, 6) is 0.266. The Morgan fingerprint density at radius 2 is 1.91 bits per heavy atom. The van der Waals surface area contributed by atoms with Crippen molar-refractivity contribution in [2.45, 2.75) is 37.1 Å². The Morgan fingerprint density at radius 1 is 1.09 bits per heavy atom. The van der Waals surface area contributed by atoms with Gasteiger partial charge in [0.15, 0.2) is 0 Å². The third kappa shape index (κ3) is 5.87. The molecule has 0 aliphatic carbocycles. The number of nitrogens with zero attached hydrogens (tertiary/aromatic N) is 4. The molecule has 1 fully saturated rings. The van der Waals surface area contributed by atoms with Crippen LogP contribution in [0.25, 0.3) is 0 Å². The second kappa shape index (κ2) is 9.99. The minimum Gasteiger partial charge on any atom is -0.362 e. The van der Waals surface area contributed by atoms with Gasteiger partial charge in [-0.3, -0.25) is 9.48 Å². The Labute approximate surface area is 194 Å². The van der Waals surface area contributed by atoms with Crippen LogP contribution in [0.4, 0.5) is 5.69 Å². The maximum Gasteiger partial charge on any atom is 0.284 e. The van der Waals surface area contributed by atoms with Gasteiger partial charge in [-0.15, -0.1) is 4.40 Å². The van der Waals surface area contributed by atoms with E-state index in [-0.39, 0.29) is 10.8 Å². The lowest BCUT2D eigenvalue weighted by Gasteiger charge is -2.17. The van der Waals surface area contributed by atoms with E-state index >= 15 is 0 Å². The highest BCUT2D eigenvalue weighted by atomic mass is 32.2. The van der Waals surface area contributed by atoms with E-state index < -0.39 is 10.0 Å². The molecule has 1 N–H and O–H groups in total. The number of rotatable bonds is 6. The number of aromatic nitrogens is 2. The zero-order valence-corrected chi connectivity index (χ0v) is 19.3. The second-order valence-electron chi connectivity index (χ2n) is 8.10. The van der Waals surface area contributed by atoms with Crippen molar-refractivity contribution in [2.24, 2.45) is 4.40 Å². The van der Waals surface area contributed by atoms with Crippen LogP contribution < -0.4 is 5.32 Å². The summed E-state index contributed by atoms with van der Waals surface area (Å²) in [6.45, 7) is 1.41. The van der Waals surface area contributed by atoms with Crippen LogP contribution in [-0.2, 0) is 16.6 Å². The van der Waals surface area contributed by atoms with E-state index in [0.29, 0.717) is 30.1 Å². The van der Waals surface area contributed by atoms with Gasteiger partial charge in [-0.05, 0) is 54.8 Å². The smallest absolute Gasteiger partial charge is 0.284 e. The van der Waals surface area contributed by atoms with Crippen LogP contribution >= 0.6 is 0 Å². The quantitative estimate of drug-likeness (QED) is 0.598. The van der Waals surface area contributed by atoms with Gasteiger partial charge < -0.3 is 10.2 Å². The molecule has 33 heavy (non-hydrogen) atoms. The molecule has 9 heteroatoms. The van der Waals surface area contributed by atoms with Crippen LogP contribution in [0.15, 0.2) is 76.3 Å². The fraction of sp³-hybridized carbons (Fsp3) is 0.292. The Kier molecular flexibility index (Phi) is 6.88. The molecule has 1 aliphatic rings. The zero-order chi connectivity index (χ0) is 23.3. The molecule has 3 aromatic rings. The number of likely N-dealkylation sites (tertiary alicyclic amines) is 1. The second-order valence-corrected chi connectivity index (χ2v) is 9.70. The Morgan fingerprint density at radius 3 is 2.67 bits per heavy atom. The zero-order valence-electron chi connectivity index (χ0n) is 18.5. The third-order valence-corrected chi connectivity index (χ3v) is 6.87. The third-order valence-electron chi connectivity index (χ3n) is 5.57. The summed E-state index contributed by atoms with van der Waals surface area (Å²) in [7, 11) is -2.00. The van der Waals surface area contributed by atoms with E-state index in [1.165, 1.54) is 12.1 Å². The number of anilines is 1. The minimum absolute atomic E-state index is 0.0556. The molecule has 0 spiro atoms. The number of sulfonamides is 1. The van der Waals surface area contributed by atoms with E-state index in [1.54, 1.807) is 35.1 Å². The number of carbonyl (C=O) groups is 1. The Hall–Kier alpha value is -3.46. The molecule has 2 aromatic carbocycles. The molecule has 1 saturated heterocycles. The highest BCUT2D eigenvalue weighted by Crippen LogP contribution is 2.21. The summed E-state index contributed by atoms with van der Waals surface area (Å²) in [6, 6.07) is 15.3. The van der Waals surface area contributed by atoms with Crippen LogP contribution in [0.3, 0.4) is 0 Å². The molecular formula is C24H27N5O3S. The normalized spacial score (nSPS) is 15.9. The molecule has 0 unspecified atom stereocenters. The number of benzene rings is 2. The first-order chi connectivity index (χ1) is 15.9. The average Bonchev–Trinajstić information content (AvgIpc) is 3.23. The van der Waals surface area contributed by atoms with Gasteiger partial charge in [-0.2, -0.15) is 13.5 Å². The fourth-order valence-electron chi connectivity index (χ4n) is 3.72.